The third kappa shape index (κ3) is 3.53. The number of piperidine rings is 1. The number of likely N-dealkylation sites (N-methyl/N-ethyl adjacent to an activating group) is 1. The maximum atomic E-state index is 12.2. The molecule has 0 aliphatic carbocycles. The van der Waals surface area contributed by atoms with E-state index >= 15 is 0 Å². The summed E-state index contributed by atoms with van der Waals surface area (Å²) >= 11 is 1.72. The molecule has 1 aliphatic heterocycles. The minimum Gasteiger partial charge on any atom is -0.345 e. The van der Waals surface area contributed by atoms with Crippen molar-refractivity contribution < 1.29 is 4.79 Å². The van der Waals surface area contributed by atoms with Gasteiger partial charge < -0.3 is 10.2 Å². The molecule has 5 heteroatoms. The van der Waals surface area contributed by atoms with Crippen LogP contribution in [-0.4, -0.2) is 42.5 Å². The molecule has 1 amide bonds. The molecule has 4 nitrogen and oxygen atoms in total. The Balaban J connectivity index is 1.79. The quantitative estimate of drug-likeness (QED) is 0.898. The summed E-state index contributed by atoms with van der Waals surface area (Å²) in [4.78, 5) is 19.6. The monoisotopic (exact) mass is 267 g/mol. The molecule has 2 heterocycles. The molecule has 1 aromatic rings. The Morgan fingerprint density at radius 1 is 1.56 bits per heavy atom. The van der Waals surface area contributed by atoms with Crippen molar-refractivity contribution in [1.29, 1.82) is 0 Å². The first-order chi connectivity index (χ1) is 8.66. The summed E-state index contributed by atoms with van der Waals surface area (Å²) in [5, 5.41) is 4.41. The van der Waals surface area contributed by atoms with Crippen LogP contribution in [0.15, 0.2) is 6.20 Å². The normalized spacial score (nSPS) is 16.8. The number of amides is 1. The molecule has 1 fully saturated rings. The van der Waals surface area contributed by atoms with Crippen LogP contribution in [0.5, 0.6) is 0 Å². The second kappa shape index (κ2) is 6.29. The molecule has 0 radical (unpaired) electrons. The van der Waals surface area contributed by atoms with Crippen LogP contribution in [0.4, 0.5) is 0 Å². The van der Waals surface area contributed by atoms with E-state index in [4.69, 9.17) is 0 Å². The number of hydrogen-bond acceptors (Lipinski definition) is 4. The van der Waals surface area contributed by atoms with E-state index in [1.807, 2.05) is 18.1 Å². The van der Waals surface area contributed by atoms with E-state index in [0.29, 0.717) is 5.91 Å². The van der Waals surface area contributed by atoms with Crippen molar-refractivity contribution in [3.8, 4) is 0 Å². The molecule has 0 atom stereocenters. The summed E-state index contributed by atoms with van der Waals surface area (Å²) in [7, 11) is 1.91. The topological polar surface area (TPSA) is 45.2 Å². The lowest BCUT2D eigenvalue weighted by atomic mass is 9.97. The van der Waals surface area contributed by atoms with Crippen LogP contribution in [-0.2, 0) is 11.2 Å². The molecule has 0 spiro atoms. The van der Waals surface area contributed by atoms with Crippen LogP contribution in [0, 0.1) is 12.8 Å². The standard InChI is InChI=1S/C13H21N3OS/c1-10-9-15-12(18-10)5-8-16(2)13(17)11-3-6-14-7-4-11/h9,11,14H,3-8H2,1-2H3. The molecular formula is C13H21N3OS. The summed E-state index contributed by atoms with van der Waals surface area (Å²) in [6, 6.07) is 0. The highest BCUT2D eigenvalue weighted by Gasteiger charge is 2.23. The maximum Gasteiger partial charge on any atom is 0.225 e. The Morgan fingerprint density at radius 2 is 2.28 bits per heavy atom. The lowest BCUT2D eigenvalue weighted by Crippen LogP contribution is -2.39. The summed E-state index contributed by atoms with van der Waals surface area (Å²) in [6.45, 7) is 4.77. The number of thiazole rings is 1. The van der Waals surface area contributed by atoms with Gasteiger partial charge in [-0.15, -0.1) is 11.3 Å². The van der Waals surface area contributed by atoms with Gasteiger partial charge in [-0.3, -0.25) is 4.79 Å². The number of carbonyl (C=O) groups is 1. The minimum absolute atomic E-state index is 0.217. The number of nitrogens with one attached hydrogen (secondary N) is 1. The first-order valence-corrected chi connectivity index (χ1v) is 7.35. The molecule has 18 heavy (non-hydrogen) atoms. The van der Waals surface area contributed by atoms with Crippen molar-refractivity contribution in [2.24, 2.45) is 5.92 Å². The fourth-order valence-electron chi connectivity index (χ4n) is 2.27. The van der Waals surface area contributed by atoms with Gasteiger partial charge in [0.1, 0.15) is 0 Å². The lowest BCUT2D eigenvalue weighted by Gasteiger charge is -2.26. The first kappa shape index (κ1) is 13.5. The van der Waals surface area contributed by atoms with Crippen LogP contribution >= 0.6 is 11.3 Å². The lowest BCUT2D eigenvalue weighted by molar-refractivity contribution is -0.134. The largest absolute Gasteiger partial charge is 0.345 e. The number of aromatic nitrogens is 1. The van der Waals surface area contributed by atoms with Crippen molar-refractivity contribution in [2.45, 2.75) is 26.2 Å². The third-order valence-electron chi connectivity index (χ3n) is 3.39. The van der Waals surface area contributed by atoms with E-state index in [1.54, 1.807) is 11.3 Å². The number of carbonyl (C=O) groups excluding carboxylic acids is 1. The predicted molar refractivity (Wildman–Crippen MR) is 73.8 cm³/mol. The minimum atomic E-state index is 0.217. The van der Waals surface area contributed by atoms with E-state index in [2.05, 4.69) is 17.2 Å². The predicted octanol–water partition coefficient (Wildman–Crippen LogP) is 1.45. The van der Waals surface area contributed by atoms with Crippen molar-refractivity contribution >= 4 is 17.2 Å². The smallest absolute Gasteiger partial charge is 0.225 e. The molecular weight excluding hydrogens is 246 g/mol. The summed E-state index contributed by atoms with van der Waals surface area (Å²) in [5.41, 5.74) is 0. The first-order valence-electron chi connectivity index (χ1n) is 6.54. The van der Waals surface area contributed by atoms with Crippen LogP contribution in [0.25, 0.3) is 0 Å². The SMILES string of the molecule is Cc1cnc(CCN(C)C(=O)C2CCNCC2)s1. The fourth-order valence-corrected chi connectivity index (χ4v) is 3.05. The molecule has 0 unspecified atom stereocenters. The maximum absolute atomic E-state index is 12.2. The average molecular weight is 267 g/mol. The Kier molecular flexibility index (Phi) is 4.72. The summed E-state index contributed by atoms with van der Waals surface area (Å²) in [5.74, 6) is 0.513. The van der Waals surface area contributed by atoms with Gasteiger partial charge in [-0.1, -0.05) is 0 Å². The second-order valence-corrected chi connectivity index (χ2v) is 6.22. The van der Waals surface area contributed by atoms with Crippen molar-refractivity contribution in [1.82, 2.24) is 15.2 Å². The highest BCUT2D eigenvalue weighted by Crippen LogP contribution is 2.16. The third-order valence-corrected chi connectivity index (χ3v) is 4.37. The molecule has 0 aromatic carbocycles. The van der Waals surface area contributed by atoms with E-state index in [0.717, 1.165) is 43.9 Å². The zero-order valence-electron chi connectivity index (χ0n) is 11.1. The molecule has 1 aliphatic rings. The number of nitrogens with zero attached hydrogens (tertiary/aromatic N) is 2. The Hall–Kier alpha value is -0.940. The summed E-state index contributed by atoms with van der Waals surface area (Å²) in [6.07, 6.45) is 4.71. The van der Waals surface area contributed by atoms with Gasteiger partial charge in [-0.05, 0) is 32.9 Å². The zero-order valence-corrected chi connectivity index (χ0v) is 11.9. The Labute approximate surface area is 112 Å². The molecule has 1 saturated heterocycles. The van der Waals surface area contributed by atoms with Gasteiger partial charge in [0.25, 0.3) is 0 Å². The number of hydrogen-bond donors (Lipinski definition) is 1. The Bertz CT molecular complexity index is 399. The molecule has 0 saturated carbocycles. The number of aryl methyl sites for hydroxylation is 1. The van der Waals surface area contributed by atoms with E-state index in [9.17, 15) is 4.79 Å². The molecule has 1 aromatic heterocycles. The highest BCUT2D eigenvalue weighted by molar-refractivity contribution is 7.11. The van der Waals surface area contributed by atoms with Crippen LogP contribution in [0.2, 0.25) is 0 Å². The average Bonchev–Trinajstić information content (AvgIpc) is 2.82. The molecule has 1 N–H and O–H groups in total. The van der Waals surface area contributed by atoms with Gasteiger partial charge in [0.15, 0.2) is 0 Å². The summed E-state index contributed by atoms with van der Waals surface area (Å²) < 4.78 is 0. The van der Waals surface area contributed by atoms with Crippen LogP contribution in [0.1, 0.15) is 22.7 Å². The zero-order chi connectivity index (χ0) is 13.0. The van der Waals surface area contributed by atoms with Crippen LogP contribution in [0.3, 0.4) is 0 Å². The van der Waals surface area contributed by atoms with Crippen molar-refractivity contribution in [3.63, 3.8) is 0 Å². The molecule has 2 rings (SSSR count). The van der Waals surface area contributed by atoms with Crippen molar-refractivity contribution in [2.75, 3.05) is 26.7 Å². The Morgan fingerprint density at radius 3 is 2.89 bits per heavy atom. The molecule has 0 bridgehead atoms. The van der Waals surface area contributed by atoms with Crippen LogP contribution < -0.4 is 5.32 Å². The van der Waals surface area contributed by atoms with E-state index < -0.39 is 0 Å². The van der Waals surface area contributed by atoms with Gasteiger partial charge in [0, 0.05) is 37.0 Å². The molecule has 100 valence electrons. The van der Waals surface area contributed by atoms with E-state index in [1.165, 1.54) is 4.88 Å². The number of rotatable bonds is 4. The fraction of sp³-hybridized carbons (Fsp3) is 0.692. The van der Waals surface area contributed by atoms with Gasteiger partial charge in [-0.25, -0.2) is 4.98 Å². The second-order valence-electron chi connectivity index (χ2n) is 4.90. The van der Waals surface area contributed by atoms with Gasteiger partial charge in [0.2, 0.25) is 5.91 Å². The van der Waals surface area contributed by atoms with Gasteiger partial charge >= 0.3 is 0 Å². The highest BCUT2D eigenvalue weighted by atomic mass is 32.1. The van der Waals surface area contributed by atoms with Gasteiger partial charge in [0.05, 0.1) is 5.01 Å². The van der Waals surface area contributed by atoms with Crippen molar-refractivity contribution in [3.05, 3.63) is 16.1 Å². The van der Waals surface area contributed by atoms with Gasteiger partial charge in [-0.2, -0.15) is 0 Å². The van der Waals surface area contributed by atoms with E-state index in [-0.39, 0.29) is 5.92 Å².